The fourth-order valence-corrected chi connectivity index (χ4v) is 0.263. The molecule has 0 unspecified atom stereocenters. The number of hydrogen-bond acceptors (Lipinski definition) is 2. The van der Waals surface area contributed by atoms with Gasteiger partial charge in [0.25, 0.3) is 0 Å². The molecule has 0 aromatic heterocycles. The van der Waals surface area contributed by atoms with Gasteiger partial charge in [0, 0.05) is 11.4 Å². The number of nitrogens with two attached hydrogens (primary N) is 2. The van der Waals surface area contributed by atoms with Gasteiger partial charge in [-0.2, -0.15) is 0 Å². The Balaban J connectivity index is 3.76. The van der Waals surface area contributed by atoms with Crippen LogP contribution in [0.4, 0.5) is 0 Å². The predicted octanol–water partition coefficient (Wildman–Crippen LogP) is 0.711. The van der Waals surface area contributed by atoms with Crippen LogP contribution in [-0.2, 0) is 0 Å². The zero-order valence-electron chi connectivity index (χ0n) is 5.31. The Hall–Kier alpha value is -0.920. The highest BCUT2D eigenvalue weighted by Crippen LogP contribution is 1.84. The molecule has 0 aliphatic rings. The SMILES string of the molecule is C/C(N)=C/C=C(/C)N. The first-order valence-corrected chi connectivity index (χ1v) is 2.49. The molecule has 0 aromatic rings. The Morgan fingerprint density at radius 1 is 1.00 bits per heavy atom. The van der Waals surface area contributed by atoms with Crippen LogP contribution in [0.1, 0.15) is 13.8 Å². The van der Waals surface area contributed by atoms with Crippen molar-refractivity contribution in [3.8, 4) is 0 Å². The van der Waals surface area contributed by atoms with E-state index in [1.54, 1.807) is 12.2 Å². The largest absolute Gasteiger partial charge is 0.402 e. The molecule has 0 aliphatic heterocycles. The molecule has 0 bridgehead atoms. The fourth-order valence-electron chi connectivity index (χ4n) is 0.263. The van der Waals surface area contributed by atoms with Crippen molar-refractivity contribution in [2.75, 3.05) is 0 Å². The molecule has 0 saturated carbocycles. The van der Waals surface area contributed by atoms with Gasteiger partial charge in [-0.1, -0.05) is 0 Å². The van der Waals surface area contributed by atoms with E-state index in [4.69, 9.17) is 11.5 Å². The second kappa shape index (κ2) is 3.13. The molecule has 2 heteroatoms. The summed E-state index contributed by atoms with van der Waals surface area (Å²) in [5, 5.41) is 0. The van der Waals surface area contributed by atoms with E-state index in [0.29, 0.717) is 0 Å². The van der Waals surface area contributed by atoms with E-state index in [1.807, 2.05) is 13.8 Å². The third-order valence-electron chi connectivity index (χ3n) is 0.609. The molecule has 0 saturated heterocycles. The van der Waals surface area contributed by atoms with E-state index in [9.17, 15) is 0 Å². The van der Waals surface area contributed by atoms with Crippen LogP contribution in [0.15, 0.2) is 23.5 Å². The molecule has 4 N–H and O–H groups in total. The Morgan fingerprint density at radius 2 is 1.25 bits per heavy atom. The molecule has 0 aromatic carbocycles. The van der Waals surface area contributed by atoms with E-state index in [2.05, 4.69) is 0 Å². The minimum absolute atomic E-state index is 0.773. The van der Waals surface area contributed by atoms with Gasteiger partial charge in [0.15, 0.2) is 0 Å². The molecule has 0 atom stereocenters. The summed E-state index contributed by atoms with van der Waals surface area (Å²) < 4.78 is 0. The number of allylic oxidation sites excluding steroid dienone is 4. The summed E-state index contributed by atoms with van der Waals surface area (Å²) in [5.41, 5.74) is 12.1. The second-order valence-electron chi connectivity index (χ2n) is 1.82. The van der Waals surface area contributed by atoms with Crippen LogP contribution in [0.5, 0.6) is 0 Å². The quantitative estimate of drug-likeness (QED) is 0.491. The average molecular weight is 112 g/mol. The van der Waals surface area contributed by atoms with E-state index < -0.39 is 0 Å². The van der Waals surface area contributed by atoms with Gasteiger partial charge in [-0.3, -0.25) is 0 Å². The van der Waals surface area contributed by atoms with E-state index in [0.717, 1.165) is 11.4 Å². The van der Waals surface area contributed by atoms with Gasteiger partial charge in [0.05, 0.1) is 0 Å². The minimum Gasteiger partial charge on any atom is -0.402 e. The molecule has 0 fully saturated rings. The molecule has 0 aliphatic carbocycles. The lowest BCUT2D eigenvalue weighted by molar-refractivity contribution is 1.28. The molecular weight excluding hydrogens is 100 g/mol. The van der Waals surface area contributed by atoms with Gasteiger partial charge in [0.2, 0.25) is 0 Å². The highest BCUT2D eigenvalue weighted by atomic mass is 14.6. The summed E-state index contributed by atoms with van der Waals surface area (Å²) in [7, 11) is 0. The minimum atomic E-state index is 0.773. The Morgan fingerprint density at radius 3 is 1.38 bits per heavy atom. The fraction of sp³-hybridized carbons (Fsp3) is 0.333. The number of rotatable bonds is 1. The van der Waals surface area contributed by atoms with Crippen LogP contribution in [0, 0.1) is 0 Å². The van der Waals surface area contributed by atoms with E-state index in [1.165, 1.54) is 0 Å². The molecule has 0 rings (SSSR count). The zero-order chi connectivity index (χ0) is 6.57. The van der Waals surface area contributed by atoms with Gasteiger partial charge < -0.3 is 11.5 Å². The Kier molecular flexibility index (Phi) is 2.77. The van der Waals surface area contributed by atoms with Crippen molar-refractivity contribution in [1.82, 2.24) is 0 Å². The van der Waals surface area contributed by atoms with Crippen molar-refractivity contribution < 1.29 is 0 Å². The number of hydrogen-bond donors (Lipinski definition) is 2. The first-order chi connectivity index (χ1) is 3.63. The van der Waals surface area contributed by atoms with Crippen LogP contribution in [0.3, 0.4) is 0 Å². The summed E-state index contributed by atoms with van der Waals surface area (Å²) >= 11 is 0. The lowest BCUT2D eigenvalue weighted by atomic mass is 10.4. The third-order valence-corrected chi connectivity index (χ3v) is 0.609. The maximum absolute atomic E-state index is 5.30. The predicted molar refractivity (Wildman–Crippen MR) is 35.9 cm³/mol. The van der Waals surface area contributed by atoms with Crippen LogP contribution >= 0.6 is 0 Å². The second-order valence-corrected chi connectivity index (χ2v) is 1.82. The molecule has 0 spiro atoms. The van der Waals surface area contributed by atoms with Gasteiger partial charge >= 0.3 is 0 Å². The van der Waals surface area contributed by atoms with Crippen molar-refractivity contribution in [2.45, 2.75) is 13.8 Å². The average Bonchev–Trinajstić information content (AvgIpc) is 1.61. The zero-order valence-corrected chi connectivity index (χ0v) is 5.31. The van der Waals surface area contributed by atoms with Gasteiger partial charge in [0.1, 0.15) is 0 Å². The third kappa shape index (κ3) is 5.08. The Bertz CT molecular complexity index is 98.5. The molecule has 46 valence electrons. The van der Waals surface area contributed by atoms with Crippen molar-refractivity contribution in [3.05, 3.63) is 23.5 Å². The topological polar surface area (TPSA) is 52.0 Å². The highest BCUT2D eigenvalue weighted by Gasteiger charge is 1.72. The molecule has 2 nitrogen and oxygen atoms in total. The lowest BCUT2D eigenvalue weighted by Gasteiger charge is -1.85. The van der Waals surface area contributed by atoms with Crippen molar-refractivity contribution in [1.29, 1.82) is 0 Å². The van der Waals surface area contributed by atoms with Gasteiger partial charge in [-0.05, 0) is 26.0 Å². The maximum Gasteiger partial charge on any atom is 0.00495 e. The summed E-state index contributed by atoms with van der Waals surface area (Å²) in [6.07, 6.45) is 3.55. The van der Waals surface area contributed by atoms with Crippen LogP contribution in [0.25, 0.3) is 0 Å². The first-order valence-electron chi connectivity index (χ1n) is 2.49. The Labute approximate surface area is 49.9 Å². The van der Waals surface area contributed by atoms with Gasteiger partial charge in [-0.25, -0.2) is 0 Å². The first kappa shape index (κ1) is 7.08. The van der Waals surface area contributed by atoms with E-state index in [-0.39, 0.29) is 0 Å². The van der Waals surface area contributed by atoms with Crippen molar-refractivity contribution in [3.63, 3.8) is 0 Å². The smallest absolute Gasteiger partial charge is 0.00495 e. The summed E-state index contributed by atoms with van der Waals surface area (Å²) in [4.78, 5) is 0. The van der Waals surface area contributed by atoms with Crippen molar-refractivity contribution in [2.24, 2.45) is 11.5 Å². The summed E-state index contributed by atoms with van der Waals surface area (Å²) in [5.74, 6) is 0. The van der Waals surface area contributed by atoms with Crippen LogP contribution in [0.2, 0.25) is 0 Å². The maximum atomic E-state index is 5.30. The molecule has 8 heavy (non-hydrogen) atoms. The molecule has 0 heterocycles. The van der Waals surface area contributed by atoms with Crippen LogP contribution < -0.4 is 11.5 Å². The van der Waals surface area contributed by atoms with Gasteiger partial charge in [-0.15, -0.1) is 0 Å². The summed E-state index contributed by atoms with van der Waals surface area (Å²) in [6, 6.07) is 0. The molecule has 0 radical (unpaired) electrons. The summed E-state index contributed by atoms with van der Waals surface area (Å²) in [6.45, 7) is 3.64. The lowest BCUT2D eigenvalue weighted by Crippen LogP contribution is -1.91. The van der Waals surface area contributed by atoms with Crippen molar-refractivity contribution >= 4 is 0 Å². The normalized spacial score (nSPS) is 14.2. The van der Waals surface area contributed by atoms with E-state index >= 15 is 0 Å². The highest BCUT2D eigenvalue weighted by molar-refractivity contribution is 5.10. The monoisotopic (exact) mass is 112 g/mol. The molecular formula is C6H12N2. The van der Waals surface area contributed by atoms with Crippen LogP contribution in [-0.4, -0.2) is 0 Å². The standard InChI is InChI=1S/C6H12N2/c1-5(7)3-4-6(2)8/h3-4H,7-8H2,1-2H3/b5-3-,6-4-. The molecule has 0 amide bonds.